The number of fused-ring (bicyclic) bond motifs is 1. The van der Waals surface area contributed by atoms with Crippen LogP contribution < -0.4 is 5.32 Å². The molecule has 4 aromatic rings. The van der Waals surface area contributed by atoms with Crippen molar-refractivity contribution in [3.63, 3.8) is 0 Å². The highest BCUT2D eigenvalue weighted by Crippen LogP contribution is 2.42. The highest BCUT2D eigenvalue weighted by atomic mass is 32.2. The lowest BCUT2D eigenvalue weighted by Gasteiger charge is -2.39. The maximum absolute atomic E-state index is 14.0. The number of aromatic nitrogens is 1. The molecule has 0 bridgehead atoms. The average molecular weight is 508 g/mol. The summed E-state index contributed by atoms with van der Waals surface area (Å²) < 4.78 is 2.29. The summed E-state index contributed by atoms with van der Waals surface area (Å²) in [5.41, 5.74) is 4.48. The first kappa shape index (κ1) is 23.9. The summed E-state index contributed by atoms with van der Waals surface area (Å²) in [4.78, 5) is 16.9. The summed E-state index contributed by atoms with van der Waals surface area (Å²) in [5.74, 6) is 0.655. The van der Waals surface area contributed by atoms with Crippen LogP contribution in [0.25, 0.3) is 17.0 Å². The van der Waals surface area contributed by atoms with Gasteiger partial charge in [0.1, 0.15) is 0 Å². The summed E-state index contributed by atoms with van der Waals surface area (Å²) in [6, 6.07) is 29.5. The topological polar surface area (TPSA) is 37.3 Å². The molecule has 5 heteroatoms. The molecule has 1 N–H and O–H groups in total. The van der Waals surface area contributed by atoms with Crippen molar-refractivity contribution in [2.45, 2.75) is 50.7 Å². The molecule has 0 radical (unpaired) electrons. The van der Waals surface area contributed by atoms with Gasteiger partial charge in [0, 0.05) is 40.9 Å². The van der Waals surface area contributed by atoms with Gasteiger partial charge in [0.15, 0.2) is 5.50 Å². The Hall–Kier alpha value is -3.44. The fourth-order valence-electron chi connectivity index (χ4n) is 5.81. The number of hydrogen-bond acceptors (Lipinski definition) is 3. The van der Waals surface area contributed by atoms with E-state index in [0.29, 0.717) is 5.92 Å². The second kappa shape index (κ2) is 10.5. The zero-order valence-corrected chi connectivity index (χ0v) is 22.0. The Labute approximate surface area is 223 Å². The predicted molar refractivity (Wildman–Crippen MR) is 155 cm³/mol. The van der Waals surface area contributed by atoms with Crippen molar-refractivity contribution in [1.29, 1.82) is 0 Å². The standard InChI is InChI=1S/C32H33N3OS/c1-23-12-8-10-18-28(23)35-31(36)30(37-32(35)33-26-15-6-3-7-16-26)20-25-22-34(21-24-13-4-2-5-14-24)29-19-11-9-17-27(25)29/h2-7,9,11,13-17,19-20,22-23,28,32-33H,8,10,12,18,21H2,1H3/b30-20-/t23-,28-,32?/m1/s1. The Morgan fingerprint density at radius 2 is 1.62 bits per heavy atom. The zero-order valence-electron chi connectivity index (χ0n) is 21.2. The maximum atomic E-state index is 14.0. The largest absolute Gasteiger partial charge is 0.356 e. The molecule has 1 saturated carbocycles. The van der Waals surface area contributed by atoms with Gasteiger partial charge >= 0.3 is 0 Å². The van der Waals surface area contributed by atoms with Gasteiger partial charge in [0.25, 0.3) is 5.91 Å². The van der Waals surface area contributed by atoms with Crippen LogP contribution in [-0.4, -0.2) is 26.9 Å². The van der Waals surface area contributed by atoms with Crippen LogP contribution >= 0.6 is 11.8 Å². The summed E-state index contributed by atoms with van der Waals surface area (Å²) in [6.45, 7) is 3.11. The van der Waals surface area contributed by atoms with Crippen LogP contribution in [0.3, 0.4) is 0 Å². The van der Waals surface area contributed by atoms with Crippen LogP contribution in [0.15, 0.2) is 96.0 Å². The summed E-state index contributed by atoms with van der Waals surface area (Å²) >= 11 is 1.65. The van der Waals surface area contributed by atoms with Gasteiger partial charge in [-0.2, -0.15) is 0 Å². The molecule has 1 aliphatic heterocycles. The fourth-order valence-corrected chi connectivity index (χ4v) is 7.01. The normalized spacial score (nSPS) is 23.2. The minimum Gasteiger partial charge on any atom is -0.356 e. The number of para-hydroxylation sites is 2. The first-order valence-electron chi connectivity index (χ1n) is 13.3. The number of benzene rings is 3. The van der Waals surface area contributed by atoms with E-state index in [4.69, 9.17) is 0 Å². The molecule has 37 heavy (non-hydrogen) atoms. The van der Waals surface area contributed by atoms with Crippen LogP contribution in [0.5, 0.6) is 0 Å². The summed E-state index contributed by atoms with van der Waals surface area (Å²) in [5, 5.41) is 4.83. The highest BCUT2D eigenvalue weighted by molar-refractivity contribution is 8.05. The van der Waals surface area contributed by atoms with Crippen molar-refractivity contribution in [3.05, 3.63) is 107 Å². The van der Waals surface area contributed by atoms with E-state index in [1.165, 1.54) is 35.7 Å². The SMILES string of the molecule is C[C@@H]1CCCC[C@H]1N1C(=O)/C(=C/c2cn(Cc3ccccc3)c3ccccc23)SC1Nc1ccccc1. The molecule has 6 rings (SSSR count). The number of nitrogens with one attached hydrogen (secondary N) is 1. The third-order valence-corrected chi connectivity index (χ3v) is 8.84. The number of amides is 1. The highest BCUT2D eigenvalue weighted by Gasteiger charge is 2.43. The molecule has 2 fully saturated rings. The van der Waals surface area contributed by atoms with E-state index in [9.17, 15) is 4.79 Å². The molecule has 3 atom stereocenters. The molecular formula is C32H33N3OS. The monoisotopic (exact) mass is 507 g/mol. The Bertz CT molecular complexity index is 1410. The number of hydrogen-bond donors (Lipinski definition) is 1. The second-order valence-electron chi connectivity index (χ2n) is 10.2. The Balaban J connectivity index is 1.36. The molecule has 1 unspecified atom stereocenters. The molecule has 1 aromatic heterocycles. The lowest BCUT2D eigenvalue weighted by atomic mass is 9.85. The van der Waals surface area contributed by atoms with Gasteiger partial charge in [0.2, 0.25) is 0 Å². The van der Waals surface area contributed by atoms with Gasteiger partial charge in [-0.05, 0) is 48.6 Å². The number of anilines is 1. The van der Waals surface area contributed by atoms with Gasteiger partial charge in [-0.15, -0.1) is 0 Å². The molecule has 2 aliphatic rings. The van der Waals surface area contributed by atoms with E-state index in [0.717, 1.165) is 29.1 Å². The van der Waals surface area contributed by atoms with Crippen LogP contribution in [0, 0.1) is 5.92 Å². The predicted octanol–water partition coefficient (Wildman–Crippen LogP) is 7.58. The molecule has 1 aliphatic carbocycles. The van der Waals surface area contributed by atoms with Crippen LogP contribution in [0.2, 0.25) is 0 Å². The smallest absolute Gasteiger partial charge is 0.262 e. The molecule has 188 valence electrons. The lowest BCUT2D eigenvalue weighted by Crippen LogP contribution is -2.48. The van der Waals surface area contributed by atoms with E-state index in [1.54, 1.807) is 11.8 Å². The van der Waals surface area contributed by atoms with Gasteiger partial charge in [-0.1, -0.05) is 98.3 Å². The van der Waals surface area contributed by atoms with Crippen molar-refractivity contribution >= 4 is 40.3 Å². The first-order valence-corrected chi connectivity index (χ1v) is 14.2. The van der Waals surface area contributed by atoms with E-state index >= 15 is 0 Å². The number of nitrogens with zero attached hydrogens (tertiary/aromatic N) is 2. The summed E-state index contributed by atoms with van der Waals surface area (Å²) in [6.07, 6.45) is 9.02. The lowest BCUT2D eigenvalue weighted by molar-refractivity contribution is -0.129. The quantitative estimate of drug-likeness (QED) is 0.273. The number of thioether (sulfide) groups is 1. The number of rotatable bonds is 6. The molecule has 1 amide bonds. The minimum absolute atomic E-state index is 0.107. The van der Waals surface area contributed by atoms with Gasteiger partial charge in [-0.25, -0.2) is 0 Å². The third-order valence-electron chi connectivity index (χ3n) is 7.73. The van der Waals surface area contributed by atoms with E-state index < -0.39 is 0 Å². The van der Waals surface area contributed by atoms with Crippen molar-refractivity contribution in [2.75, 3.05) is 5.32 Å². The fraction of sp³-hybridized carbons (Fsp3) is 0.281. The van der Waals surface area contributed by atoms with Crippen LogP contribution in [-0.2, 0) is 11.3 Å². The molecule has 3 aromatic carbocycles. The Kier molecular flexibility index (Phi) is 6.79. The molecule has 2 heterocycles. The van der Waals surface area contributed by atoms with Gasteiger partial charge in [0.05, 0.1) is 4.91 Å². The molecule has 1 saturated heterocycles. The molecular weight excluding hydrogens is 474 g/mol. The summed E-state index contributed by atoms with van der Waals surface area (Å²) in [7, 11) is 0. The van der Waals surface area contributed by atoms with Crippen molar-refractivity contribution in [1.82, 2.24) is 9.47 Å². The van der Waals surface area contributed by atoms with Crippen molar-refractivity contribution in [2.24, 2.45) is 5.92 Å². The Morgan fingerprint density at radius 3 is 2.41 bits per heavy atom. The minimum atomic E-state index is -0.107. The second-order valence-corrected chi connectivity index (χ2v) is 11.4. The van der Waals surface area contributed by atoms with Crippen molar-refractivity contribution in [3.8, 4) is 0 Å². The number of carbonyl (C=O) groups excluding carboxylic acids is 1. The maximum Gasteiger partial charge on any atom is 0.262 e. The molecule has 4 nitrogen and oxygen atoms in total. The van der Waals surface area contributed by atoms with Gasteiger partial charge < -0.3 is 14.8 Å². The van der Waals surface area contributed by atoms with Crippen molar-refractivity contribution < 1.29 is 4.79 Å². The molecule has 0 spiro atoms. The van der Waals surface area contributed by atoms with Gasteiger partial charge in [-0.3, -0.25) is 4.79 Å². The third kappa shape index (κ3) is 4.93. The van der Waals surface area contributed by atoms with E-state index in [-0.39, 0.29) is 17.4 Å². The first-order chi connectivity index (χ1) is 18.2. The Morgan fingerprint density at radius 1 is 0.919 bits per heavy atom. The van der Waals surface area contributed by atoms with E-state index in [1.807, 2.05) is 18.2 Å². The zero-order chi connectivity index (χ0) is 25.2. The van der Waals surface area contributed by atoms with Crippen LogP contribution in [0.1, 0.15) is 43.7 Å². The average Bonchev–Trinajstić information content (AvgIpc) is 3.42. The van der Waals surface area contributed by atoms with Crippen LogP contribution in [0.4, 0.5) is 5.69 Å². The number of carbonyl (C=O) groups is 1. The van der Waals surface area contributed by atoms with E-state index in [2.05, 4.69) is 101 Å².